The summed E-state index contributed by atoms with van der Waals surface area (Å²) in [6.07, 6.45) is 0. The minimum absolute atomic E-state index is 0. The molecule has 0 spiro atoms. The molecule has 0 atom stereocenters. The summed E-state index contributed by atoms with van der Waals surface area (Å²) in [5.74, 6) is -0.127. The monoisotopic (exact) mass is 485 g/mol. The van der Waals surface area contributed by atoms with Gasteiger partial charge in [0, 0.05) is 28.2 Å². The first kappa shape index (κ1) is 22.3. The molecule has 0 fully saturated rings. The first-order valence-electron chi connectivity index (χ1n) is 8.64. The van der Waals surface area contributed by atoms with Gasteiger partial charge in [-0.15, -0.1) is 23.7 Å². The first-order chi connectivity index (χ1) is 13.4. The Labute approximate surface area is 193 Å². The van der Waals surface area contributed by atoms with E-state index in [2.05, 4.69) is 4.98 Å². The standard InChI is InChI=1S/C20H17Cl2N3OS2.ClH/c1-24(2)9-10-25(20-23-14-8-7-12(21)11-16(14)28-20)19(26)18-17(22)13-5-3-4-6-15(13)27-18;/h3-8,11H,9-10H2,1-2H3;1H. The Kier molecular flexibility index (Phi) is 7.04. The molecule has 2 aromatic carbocycles. The van der Waals surface area contributed by atoms with E-state index in [-0.39, 0.29) is 18.3 Å². The highest BCUT2D eigenvalue weighted by atomic mass is 35.5. The van der Waals surface area contributed by atoms with Crippen LogP contribution >= 0.6 is 58.3 Å². The molecule has 0 saturated carbocycles. The number of fused-ring (bicyclic) bond motifs is 2. The van der Waals surface area contributed by atoms with Crippen molar-refractivity contribution < 1.29 is 4.79 Å². The van der Waals surface area contributed by atoms with E-state index in [9.17, 15) is 4.79 Å². The van der Waals surface area contributed by atoms with Crippen LogP contribution in [0.4, 0.5) is 5.13 Å². The Hall–Kier alpha value is -1.41. The van der Waals surface area contributed by atoms with Gasteiger partial charge in [-0.3, -0.25) is 9.69 Å². The summed E-state index contributed by atoms with van der Waals surface area (Å²) in [5.41, 5.74) is 0.828. The number of likely N-dealkylation sites (N-methyl/N-ethyl adjacent to an activating group) is 1. The third-order valence-electron chi connectivity index (χ3n) is 4.32. The van der Waals surface area contributed by atoms with Crippen molar-refractivity contribution in [2.75, 3.05) is 32.1 Å². The van der Waals surface area contributed by atoms with Crippen LogP contribution in [-0.2, 0) is 0 Å². The lowest BCUT2D eigenvalue weighted by atomic mass is 10.2. The molecule has 2 heterocycles. The summed E-state index contributed by atoms with van der Waals surface area (Å²) in [6.45, 7) is 1.23. The topological polar surface area (TPSA) is 36.4 Å². The van der Waals surface area contributed by atoms with Crippen LogP contribution in [0, 0.1) is 0 Å². The Morgan fingerprint density at radius 3 is 2.52 bits per heavy atom. The Balaban J connectivity index is 0.00000240. The third kappa shape index (κ3) is 4.53. The number of halogens is 3. The number of carbonyl (C=O) groups is 1. The average molecular weight is 487 g/mol. The number of rotatable bonds is 5. The van der Waals surface area contributed by atoms with Crippen molar-refractivity contribution in [2.45, 2.75) is 0 Å². The summed E-state index contributed by atoms with van der Waals surface area (Å²) in [7, 11) is 3.96. The van der Waals surface area contributed by atoms with E-state index in [1.807, 2.05) is 61.5 Å². The van der Waals surface area contributed by atoms with Gasteiger partial charge in [-0.25, -0.2) is 4.98 Å². The van der Waals surface area contributed by atoms with Crippen molar-refractivity contribution in [2.24, 2.45) is 0 Å². The van der Waals surface area contributed by atoms with Crippen LogP contribution in [0.25, 0.3) is 20.3 Å². The fourth-order valence-corrected chi connectivity index (χ4v) is 5.59. The Morgan fingerprint density at radius 1 is 1.03 bits per heavy atom. The minimum atomic E-state index is -0.127. The number of hydrogen-bond donors (Lipinski definition) is 0. The van der Waals surface area contributed by atoms with Gasteiger partial charge in [0.05, 0.1) is 15.2 Å². The molecule has 0 saturated heterocycles. The zero-order chi connectivity index (χ0) is 19.8. The van der Waals surface area contributed by atoms with Gasteiger partial charge in [-0.2, -0.15) is 0 Å². The van der Waals surface area contributed by atoms with Gasteiger partial charge in [-0.1, -0.05) is 52.7 Å². The summed E-state index contributed by atoms with van der Waals surface area (Å²) < 4.78 is 1.95. The van der Waals surface area contributed by atoms with E-state index >= 15 is 0 Å². The number of benzene rings is 2. The largest absolute Gasteiger partial charge is 0.308 e. The van der Waals surface area contributed by atoms with Crippen LogP contribution in [0.15, 0.2) is 42.5 Å². The van der Waals surface area contributed by atoms with Gasteiger partial charge < -0.3 is 4.90 Å². The lowest BCUT2D eigenvalue weighted by Crippen LogP contribution is -2.36. The number of aromatic nitrogens is 1. The average Bonchev–Trinajstić information content (AvgIpc) is 3.22. The van der Waals surface area contributed by atoms with Gasteiger partial charge in [0.1, 0.15) is 4.88 Å². The summed E-state index contributed by atoms with van der Waals surface area (Å²) in [6, 6.07) is 13.3. The summed E-state index contributed by atoms with van der Waals surface area (Å²) in [4.78, 5) is 22.4. The van der Waals surface area contributed by atoms with Gasteiger partial charge in [0.2, 0.25) is 0 Å². The Bertz CT molecular complexity index is 1170. The molecule has 0 bridgehead atoms. The molecule has 0 aliphatic carbocycles. The van der Waals surface area contributed by atoms with Gasteiger partial charge >= 0.3 is 0 Å². The predicted octanol–water partition coefficient (Wildman–Crippen LogP) is 6.45. The zero-order valence-corrected chi connectivity index (χ0v) is 19.6. The second-order valence-electron chi connectivity index (χ2n) is 6.61. The van der Waals surface area contributed by atoms with E-state index in [1.165, 1.54) is 22.7 Å². The zero-order valence-electron chi connectivity index (χ0n) is 15.7. The molecule has 0 aliphatic heterocycles. The molecule has 4 aromatic rings. The lowest BCUT2D eigenvalue weighted by molar-refractivity contribution is 0.0989. The van der Waals surface area contributed by atoms with Crippen molar-refractivity contribution >= 4 is 89.6 Å². The SMILES string of the molecule is CN(C)CCN(C(=O)c1sc2ccccc2c1Cl)c1nc2ccc(Cl)cc2s1.Cl. The second-order valence-corrected chi connectivity index (χ2v) is 9.49. The second kappa shape index (κ2) is 9.16. The third-order valence-corrected chi connectivity index (χ3v) is 7.25. The van der Waals surface area contributed by atoms with E-state index < -0.39 is 0 Å². The fourth-order valence-electron chi connectivity index (χ4n) is 2.86. The van der Waals surface area contributed by atoms with Crippen molar-refractivity contribution in [1.29, 1.82) is 0 Å². The quantitative estimate of drug-likeness (QED) is 0.325. The number of nitrogens with zero attached hydrogens (tertiary/aromatic N) is 3. The molecule has 1 amide bonds. The molecule has 29 heavy (non-hydrogen) atoms. The number of thiazole rings is 1. The summed E-state index contributed by atoms with van der Waals surface area (Å²) in [5, 5.41) is 2.71. The molecule has 4 nitrogen and oxygen atoms in total. The van der Waals surface area contributed by atoms with E-state index in [0.717, 1.165) is 20.3 Å². The molecule has 0 aliphatic rings. The van der Waals surface area contributed by atoms with E-state index in [4.69, 9.17) is 23.2 Å². The number of anilines is 1. The van der Waals surface area contributed by atoms with Crippen LogP contribution in [0.3, 0.4) is 0 Å². The number of hydrogen-bond acceptors (Lipinski definition) is 5. The molecular formula is C20H18Cl3N3OS2. The van der Waals surface area contributed by atoms with Gasteiger partial charge in [0.15, 0.2) is 5.13 Å². The van der Waals surface area contributed by atoms with E-state index in [0.29, 0.717) is 33.1 Å². The smallest absolute Gasteiger partial charge is 0.271 e. The number of carbonyl (C=O) groups excluding carboxylic acids is 1. The highest BCUT2D eigenvalue weighted by molar-refractivity contribution is 7.23. The molecule has 0 unspecified atom stereocenters. The first-order valence-corrected chi connectivity index (χ1v) is 11.0. The van der Waals surface area contributed by atoms with Crippen LogP contribution in [0.1, 0.15) is 9.67 Å². The van der Waals surface area contributed by atoms with Crippen molar-refractivity contribution in [3.63, 3.8) is 0 Å². The maximum Gasteiger partial charge on any atom is 0.271 e. The van der Waals surface area contributed by atoms with E-state index in [1.54, 1.807) is 4.90 Å². The normalized spacial score (nSPS) is 11.2. The minimum Gasteiger partial charge on any atom is -0.308 e. The Morgan fingerprint density at radius 2 is 1.79 bits per heavy atom. The van der Waals surface area contributed by atoms with Crippen LogP contribution < -0.4 is 4.90 Å². The number of thiophene rings is 1. The lowest BCUT2D eigenvalue weighted by Gasteiger charge is -2.21. The maximum atomic E-state index is 13.5. The predicted molar refractivity (Wildman–Crippen MR) is 129 cm³/mol. The van der Waals surface area contributed by atoms with Crippen LogP contribution in [0.5, 0.6) is 0 Å². The van der Waals surface area contributed by atoms with Crippen LogP contribution in [-0.4, -0.2) is 43.0 Å². The highest BCUT2D eigenvalue weighted by Gasteiger charge is 2.26. The van der Waals surface area contributed by atoms with Crippen molar-refractivity contribution in [1.82, 2.24) is 9.88 Å². The molecule has 0 N–H and O–H groups in total. The maximum absolute atomic E-state index is 13.5. The molecule has 0 radical (unpaired) electrons. The van der Waals surface area contributed by atoms with Gasteiger partial charge in [0.25, 0.3) is 5.91 Å². The molecule has 152 valence electrons. The molecule has 4 rings (SSSR count). The van der Waals surface area contributed by atoms with Gasteiger partial charge in [-0.05, 0) is 38.4 Å². The fraction of sp³-hybridized carbons (Fsp3) is 0.200. The molecule has 2 aromatic heterocycles. The van der Waals surface area contributed by atoms with Crippen molar-refractivity contribution in [3.8, 4) is 0 Å². The van der Waals surface area contributed by atoms with Crippen LogP contribution in [0.2, 0.25) is 10.0 Å². The highest BCUT2D eigenvalue weighted by Crippen LogP contribution is 2.38. The molecule has 9 heteroatoms. The number of amides is 1. The molecular weight excluding hydrogens is 469 g/mol. The van der Waals surface area contributed by atoms with Crippen molar-refractivity contribution in [3.05, 3.63) is 57.4 Å². The summed E-state index contributed by atoms with van der Waals surface area (Å²) >= 11 is 15.6.